The van der Waals surface area contributed by atoms with Crippen LogP contribution in [0.1, 0.15) is 69.6 Å². The topological polar surface area (TPSA) is 218 Å². The average Bonchev–Trinajstić information content (AvgIpc) is 3.72. The Labute approximate surface area is 325 Å². The summed E-state index contributed by atoms with van der Waals surface area (Å²) in [5.41, 5.74) is 2.91. The van der Waals surface area contributed by atoms with E-state index >= 15 is 0 Å². The number of amides is 7. The number of imidazole rings is 1. The van der Waals surface area contributed by atoms with Crippen LogP contribution in [0.2, 0.25) is 0 Å². The number of benzene rings is 3. The van der Waals surface area contributed by atoms with Crippen LogP contribution in [-0.2, 0) is 28.7 Å². The van der Waals surface area contributed by atoms with Crippen LogP contribution in [0.4, 0.5) is 11.4 Å². The van der Waals surface area contributed by atoms with Crippen molar-refractivity contribution >= 4 is 75.5 Å². The zero-order valence-electron chi connectivity index (χ0n) is 30.4. The highest BCUT2D eigenvalue weighted by Gasteiger charge is 2.45. The third-order valence-electron chi connectivity index (χ3n) is 8.96. The first-order valence-electron chi connectivity index (χ1n) is 18.2. The number of para-hydroxylation sites is 2. The van der Waals surface area contributed by atoms with Crippen LogP contribution >= 0.6 is 11.8 Å². The molecule has 3 aromatic carbocycles. The largest absolute Gasteiger partial charge is 0.379 e. The van der Waals surface area contributed by atoms with E-state index in [0.29, 0.717) is 29.6 Å². The van der Waals surface area contributed by atoms with Gasteiger partial charge < -0.3 is 30.4 Å². The summed E-state index contributed by atoms with van der Waals surface area (Å²) in [4.78, 5) is 96.3. The normalized spacial score (nSPS) is 15.1. The monoisotopic (exact) mass is 783 g/mol. The minimum atomic E-state index is -1.11. The van der Waals surface area contributed by atoms with E-state index in [4.69, 9.17) is 9.47 Å². The second-order valence-electron chi connectivity index (χ2n) is 13.0. The van der Waals surface area contributed by atoms with Gasteiger partial charge in [-0.15, -0.1) is 0 Å². The van der Waals surface area contributed by atoms with Gasteiger partial charge in [0.2, 0.25) is 23.6 Å². The van der Waals surface area contributed by atoms with Gasteiger partial charge in [-0.1, -0.05) is 48.9 Å². The number of carbonyl (C=O) groups is 7. The van der Waals surface area contributed by atoms with Gasteiger partial charge in [0, 0.05) is 30.8 Å². The summed E-state index contributed by atoms with van der Waals surface area (Å²) in [5, 5.41) is 11.2. The Morgan fingerprint density at radius 1 is 0.839 bits per heavy atom. The fourth-order valence-corrected chi connectivity index (χ4v) is 6.93. The molecular weight excluding hydrogens is 743 g/mol. The number of anilines is 2. The Bertz CT molecular complexity index is 2110. The van der Waals surface area contributed by atoms with Crippen molar-refractivity contribution in [2.75, 3.05) is 49.4 Å². The Morgan fingerprint density at radius 3 is 2.48 bits per heavy atom. The number of piperidine rings is 1. The second kappa shape index (κ2) is 19.1. The Hall–Kier alpha value is -5.91. The number of hydrogen-bond acceptors (Lipinski definition) is 11. The first-order chi connectivity index (χ1) is 27.2. The van der Waals surface area contributed by atoms with Gasteiger partial charge in [0.15, 0.2) is 5.16 Å². The zero-order chi connectivity index (χ0) is 39.4. The van der Waals surface area contributed by atoms with Crippen LogP contribution < -0.4 is 21.3 Å². The molecule has 292 valence electrons. The highest BCUT2D eigenvalue weighted by atomic mass is 32.2. The summed E-state index contributed by atoms with van der Waals surface area (Å²) in [6.07, 6.45) is 3.43. The molecule has 56 heavy (non-hydrogen) atoms. The molecule has 2 aliphatic rings. The number of hydrogen-bond donors (Lipinski definition) is 5. The summed E-state index contributed by atoms with van der Waals surface area (Å²) in [6, 6.07) is 17.8. The van der Waals surface area contributed by atoms with Crippen LogP contribution in [0.15, 0.2) is 71.9 Å². The van der Waals surface area contributed by atoms with Gasteiger partial charge in [-0.25, -0.2) is 4.98 Å². The van der Waals surface area contributed by atoms with Crippen LogP contribution in [0, 0.1) is 0 Å². The molecule has 1 unspecified atom stereocenters. The molecule has 0 aliphatic carbocycles. The van der Waals surface area contributed by atoms with Gasteiger partial charge in [0.05, 0.1) is 46.8 Å². The van der Waals surface area contributed by atoms with Crippen LogP contribution in [0.5, 0.6) is 0 Å². The lowest BCUT2D eigenvalue weighted by molar-refractivity contribution is -0.136. The first-order valence-corrected chi connectivity index (χ1v) is 19.2. The van der Waals surface area contributed by atoms with Gasteiger partial charge >= 0.3 is 0 Å². The Kier molecular flexibility index (Phi) is 13.6. The number of aromatic nitrogens is 2. The van der Waals surface area contributed by atoms with E-state index in [2.05, 4.69) is 31.2 Å². The van der Waals surface area contributed by atoms with Gasteiger partial charge in [-0.2, -0.15) is 0 Å². The third kappa shape index (κ3) is 10.2. The molecule has 2 aliphatic heterocycles. The fourth-order valence-electron chi connectivity index (χ4n) is 6.24. The summed E-state index contributed by atoms with van der Waals surface area (Å²) in [7, 11) is 0. The van der Waals surface area contributed by atoms with E-state index < -0.39 is 35.6 Å². The van der Waals surface area contributed by atoms with E-state index in [9.17, 15) is 33.6 Å². The number of nitrogens with one attached hydrogen (secondary N) is 5. The van der Waals surface area contributed by atoms with Crippen LogP contribution in [-0.4, -0.2) is 101 Å². The molecule has 1 fully saturated rings. The van der Waals surface area contributed by atoms with Gasteiger partial charge in [0.1, 0.15) is 12.6 Å². The van der Waals surface area contributed by atoms with E-state index in [-0.39, 0.29) is 67.0 Å². The molecule has 0 spiro atoms. The molecule has 16 nitrogen and oxygen atoms in total. The molecule has 1 atom stereocenters. The molecule has 0 saturated carbocycles. The third-order valence-corrected chi connectivity index (χ3v) is 9.84. The van der Waals surface area contributed by atoms with Crippen molar-refractivity contribution in [2.45, 2.75) is 49.7 Å². The average molecular weight is 784 g/mol. The number of thioether (sulfide) groups is 1. The predicted octanol–water partition coefficient (Wildman–Crippen LogP) is 3.66. The number of fused-ring (bicyclic) bond motifs is 2. The summed E-state index contributed by atoms with van der Waals surface area (Å²) < 4.78 is 11.0. The van der Waals surface area contributed by atoms with Crippen molar-refractivity contribution in [1.82, 2.24) is 25.5 Å². The highest BCUT2D eigenvalue weighted by Crippen LogP contribution is 2.32. The molecule has 0 bridgehead atoms. The number of nitrogens with zero attached hydrogens (tertiary/aromatic N) is 2. The van der Waals surface area contributed by atoms with Gasteiger partial charge in [-0.3, -0.25) is 43.8 Å². The molecule has 17 heteroatoms. The maximum atomic E-state index is 13.2. The molecule has 6 rings (SSSR count). The number of rotatable bonds is 19. The SMILES string of the molecule is O=C1CCC(N2C(=O)c3cccc(NC(=O)COCCOCCCCCCNC(=O)c4cccc(NC(=O)CSc5nc6ccccc6[nH]5)c4)c3C2=O)C(=O)N1. The number of aromatic amines is 1. The first kappa shape index (κ1) is 39.8. The smallest absolute Gasteiger partial charge is 0.264 e. The van der Waals surface area contributed by atoms with Crippen molar-refractivity contribution in [3.05, 3.63) is 83.4 Å². The standard InChI is InChI=1S/C39H41N7O9S/c47-31-16-15-30(36(51)45-31)46-37(52)26-11-8-14-29(34(26)38(46)53)42-32(48)22-55-20-19-54-18-6-2-1-5-17-40-35(50)24-9-7-10-25(21-24)41-33(49)23-56-39-43-27-12-3-4-13-28(27)44-39/h3-4,7-14,21,30H,1-2,5-6,15-20,22-23H2,(H,40,50)(H,41,49)(H,42,48)(H,43,44)(H,45,47,51). The van der Waals surface area contributed by atoms with Crippen LogP contribution in [0.3, 0.4) is 0 Å². The van der Waals surface area contributed by atoms with E-state index in [1.165, 1.54) is 30.0 Å². The predicted molar refractivity (Wildman–Crippen MR) is 206 cm³/mol. The molecule has 7 amide bonds. The number of ether oxygens (including phenoxy) is 2. The summed E-state index contributed by atoms with van der Waals surface area (Å²) >= 11 is 1.30. The number of H-pyrrole nitrogens is 1. The van der Waals surface area contributed by atoms with E-state index in [1.54, 1.807) is 24.3 Å². The number of imide groups is 2. The Balaban J connectivity index is 0.794. The van der Waals surface area contributed by atoms with Crippen molar-refractivity contribution in [1.29, 1.82) is 0 Å². The van der Waals surface area contributed by atoms with Crippen molar-refractivity contribution in [3.63, 3.8) is 0 Å². The Morgan fingerprint density at radius 2 is 1.64 bits per heavy atom. The summed E-state index contributed by atoms with van der Waals surface area (Å²) in [5.74, 6) is -3.35. The fraction of sp³-hybridized carbons (Fsp3) is 0.333. The van der Waals surface area contributed by atoms with Gasteiger partial charge in [-0.05, 0) is 61.7 Å². The molecular formula is C39H41N7O9S. The highest BCUT2D eigenvalue weighted by molar-refractivity contribution is 7.99. The minimum Gasteiger partial charge on any atom is -0.379 e. The minimum absolute atomic E-state index is 0.00529. The van der Waals surface area contributed by atoms with Crippen molar-refractivity contribution in [3.8, 4) is 0 Å². The van der Waals surface area contributed by atoms with E-state index in [0.717, 1.165) is 41.6 Å². The zero-order valence-corrected chi connectivity index (χ0v) is 31.2. The molecule has 3 heterocycles. The summed E-state index contributed by atoms with van der Waals surface area (Å²) in [6.45, 7) is 1.15. The molecule has 4 aromatic rings. The van der Waals surface area contributed by atoms with Crippen molar-refractivity contribution < 1.29 is 43.0 Å². The number of carbonyl (C=O) groups excluding carboxylic acids is 7. The van der Waals surface area contributed by atoms with Gasteiger partial charge in [0.25, 0.3) is 17.7 Å². The molecule has 5 N–H and O–H groups in total. The van der Waals surface area contributed by atoms with E-state index in [1.807, 2.05) is 24.3 Å². The number of unbranched alkanes of at least 4 members (excludes halogenated alkanes) is 3. The lowest BCUT2D eigenvalue weighted by Gasteiger charge is -2.27. The molecule has 1 aromatic heterocycles. The molecule has 0 radical (unpaired) electrons. The molecule has 1 saturated heterocycles. The lowest BCUT2D eigenvalue weighted by Crippen LogP contribution is -2.54. The maximum Gasteiger partial charge on any atom is 0.264 e. The van der Waals surface area contributed by atoms with Crippen LogP contribution in [0.25, 0.3) is 11.0 Å². The lowest BCUT2D eigenvalue weighted by atomic mass is 10.0. The second-order valence-corrected chi connectivity index (χ2v) is 14.0. The quantitative estimate of drug-likeness (QED) is 0.0525. The maximum absolute atomic E-state index is 13.2. The van der Waals surface area contributed by atoms with Crippen molar-refractivity contribution in [2.24, 2.45) is 0 Å².